The molecule has 12 rings (SSSR count). The van der Waals surface area contributed by atoms with Gasteiger partial charge in [-0.15, -0.1) is 0 Å². The van der Waals surface area contributed by atoms with Gasteiger partial charge >= 0.3 is 0 Å². The Bertz CT molecular complexity index is 3570. The summed E-state index contributed by atoms with van der Waals surface area (Å²) in [5.41, 5.74) is 11.5. The van der Waals surface area contributed by atoms with Crippen molar-refractivity contribution < 1.29 is 0 Å². The Labute approximate surface area is 346 Å². The van der Waals surface area contributed by atoms with Gasteiger partial charge in [-0.3, -0.25) is 8.97 Å². The van der Waals surface area contributed by atoms with E-state index in [0.717, 1.165) is 89.3 Å². The highest BCUT2D eigenvalue weighted by molar-refractivity contribution is 6.24. The molecule has 0 unspecified atom stereocenters. The van der Waals surface area contributed by atoms with Gasteiger partial charge in [-0.25, -0.2) is 15.0 Å². The van der Waals surface area contributed by atoms with E-state index in [2.05, 4.69) is 203 Å². The summed E-state index contributed by atoms with van der Waals surface area (Å²) in [4.78, 5) is 16.1. The Kier molecular flexibility index (Phi) is 7.78. The zero-order valence-corrected chi connectivity index (χ0v) is 32.4. The molecule has 0 N–H and O–H groups in total. The molecule has 0 radical (unpaired) electrons. The van der Waals surface area contributed by atoms with Crippen LogP contribution in [-0.4, -0.2) is 23.9 Å². The molecule has 0 fully saturated rings. The van der Waals surface area contributed by atoms with Gasteiger partial charge in [0.15, 0.2) is 5.82 Å². The normalized spacial score (nSPS) is 11.7. The quantitative estimate of drug-likeness (QED) is 0.158. The van der Waals surface area contributed by atoms with Crippen molar-refractivity contribution in [2.45, 2.75) is 0 Å². The highest BCUT2D eigenvalue weighted by atomic mass is 15.1. The molecule has 60 heavy (non-hydrogen) atoms. The van der Waals surface area contributed by atoms with Gasteiger partial charge in [0.25, 0.3) is 0 Å². The molecular formula is C55H35N5. The monoisotopic (exact) mass is 765 g/mol. The van der Waals surface area contributed by atoms with Crippen molar-refractivity contribution in [3.05, 3.63) is 212 Å². The number of benzene rings is 9. The standard InChI is InChI=1S/C55H35N5/c1-4-17-37(18-5-1)50-47-29-14-15-30-48(47)55-58-52(38-19-6-2-7-20-38)57-54(60(50)55)41-22-16-21-40(35-41)36-31-33-39(34-32-36)53-56-49-45-27-12-10-25-43(45)44-26-11-13-28-46(44)51(49)59(53)42-23-8-3-9-24-42/h1-35H. The first-order chi connectivity index (χ1) is 29.8. The minimum atomic E-state index is 0.692. The molecule has 0 saturated carbocycles. The maximum absolute atomic E-state index is 5.45. The van der Waals surface area contributed by atoms with E-state index in [1.54, 1.807) is 0 Å². The van der Waals surface area contributed by atoms with Gasteiger partial charge < -0.3 is 0 Å². The van der Waals surface area contributed by atoms with Crippen molar-refractivity contribution in [3.8, 4) is 62.2 Å². The molecule has 0 aliphatic carbocycles. The molecule has 0 saturated heterocycles. The maximum atomic E-state index is 5.45. The van der Waals surface area contributed by atoms with E-state index in [9.17, 15) is 0 Å². The van der Waals surface area contributed by atoms with Gasteiger partial charge in [0.05, 0.1) is 16.7 Å². The molecule has 5 nitrogen and oxygen atoms in total. The number of rotatable bonds is 6. The zero-order valence-electron chi connectivity index (χ0n) is 32.4. The summed E-state index contributed by atoms with van der Waals surface area (Å²) in [6, 6.07) is 74.8. The summed E-state index contributed by atoms with van der Waals surface area (Å²) >= 11 is 0. The lowest BCUT2D eigenvalue weighted by molar-refractivity contribution is 1.05. The largest absolute Gasteiger partial charge is 0.292 e. The Balaban J connectivity index is 1.03. The molecule has 9 aromatic carbocycles. The first-order valence-electron chi connectivity index (χ1n) is 20.3. The molecule has 0 bridgehead atoms. The zero-order chi connectivity index (χ0) is 39.6. The number of nitrogens with zero attached hydrogens (tertiary/aromatic N) is 5. The van der Waals surface area contributed by atoms with E-state index >= 15 is 0 Å². The number of imidazole rings is 1. The third-order valence-electron chi connectivity index (χ3n) is 11.7. The molecule has 0 spiro atoms. The summed E-state index contributed by atoms with van der Waals surface area (Å²) < 4.78 is 4.58. The summed E-state index contributed by atoms with van der Waals surface area (Å²) in [6.07, 6.45) is 0. The molecule has 0 aliphatic rings. The summed E-state index contributed by atoms with van der Waals surface area (Å²) in [5.74, 6) is 2.43. The van der Waals surface area contributed by atoms with Crippen LogP contribution in [-0.2, 0) is 0 Å². The molecule has 3 heterocycles. The molecule has 0 amide bonds. The van der Waals surface area contributed by atoms with E-state index in [0.29, 0.717) is 5.82 Å². The van der Waals surface area contributed by atoms with Gasteiger partial charge in [-0.1, -0.05) is 194 Å². The predicted octanol–water partition coefficient (Wildman–Crippen LogP) is 13.9. The average Bonchev–Trinajstić information content (AvgIpc) is 3.90. The molecule has 12 aromatic rings. The lowest BCUT2D eigenvalue weighted by Crippen LogP contribution is -2.03. The first-order valence-corrected chi connectivity index (χ1v) is 20.3. The Morgan fingerprint density at radius 2 is 0.850 bits per heavy atom. The number of aromatic nitrogens is 5. The van der Waals surface area contributed by atoms with Gasteiger partial charge in [0.1, 0.15) is 17.3 Å². The molecule has 5 heteroatoms. The van der Waals surface area contributed by atoms with E-state index in [1.165, 1.54) is 16.2 Å². The number of hydrogen-bond donors (Lipinski definition) is 0. The van der Waals surface area contributed by atoms with Crippen LogP contribution in [0.15, 0.2) is 212 Å². The summed E-state index contributed by atoms with van der Waals surface area (Å²) in [6.45, 7) is 0. The lowest BCUT2D eigenvalue weighted by atomic mass is 10.00. The van der Waals surface area contributed by atoms with Crippen LogP contribution in [0.25, 0.3) is 111 Å². The van der Waals surface area contributed by atoms with Gasteiger partial charge in [0.2, 0.25) is 0 Å². The minimum absolute atomic E-state index is 0.692. The topological polar surface area (TPSA) is 48.0 Å². The fourth-order valence-corrected chi connectivity index (χ4v) is 8.99. The maximum Gasteiger partial charge on any atom is 0.163 e. The minimum Gasteiger partial charge on any atom is -0.292 e. The van der Waals surface area contributed by atoms with Crippen molar-refractivity contribution in [1.29, 1.82) is 0 Å². The average molecular weight is 766 g/mol. The molecule has 3 aromatic heterocycles. The molecule has 0 aliphatic heterocycles. The van der Waals surface area contributed by atoms with Crippen molar-refractivity contribution in [2.24, 2.45) is 0 Å². The SMILES string of the molecule is c1ccc(-c2nc(-c3cccc(-c4ccc(-c5nc6c7ccccc7c7ccccc7c6n5-c5ccccc5)cc4)c3)n3c(-c4ccccc4)c4ccccc4c3n2)cc1. The second-order valence-electron chi connectivity index (χ2n) is 15.2. The van der Waals surface area contributed by atoms with Crippen molar-refractivity contribution >= 4 is 49.0 Å². The van der Waals surface area contributed by atoms with Crippen LogP contribution in [0.2, 0.25) is 0 Å². The highest BCUT2D eigenvalue weighted by Gasteiger charge is 2.22. The van der Waals surface area contributed by atoms with Gasteiger partial charge in [-0.05, 0) is 45.7 Å². The predicted molar refractivity (Wildman–Crippen MR) is 247 cm³/mol. The Morgan fingerprint density at radius 1 is 0.317 bits per heavy atom. The second kappa shape index (κ2) is 13.8. The third-order valence-corrected chi connectivity index (χ3v) is 11.7. The fraction of sp³-hybridized carbons (Fsp3) is 0. The Hall–Kier alpha value is -8.15. The van der Waals surface area contributed by atoms with Crippen LogP contribution in [0.3, 0.4) is 0 Å². The molecule has 280 valence electrons. The van der Waals surface area contributed by atoms with Crippen LogP contribution < -0.4 is 0 Å². The van der Waals surface area contributed by atoms with Crippen LogP contribution in [0.1, 0.15) is 0 Å². The van der Waals surface area contributed by atoms with Crippen LogP contribution in [0.4, 0.5) is 0 Å². The van der Waals surface area contributed by atoms with Crippen LogP contribution in [0, 0.1) is 0 Å². The number of hydrogen-bond acceptors (Lipinski definition) is 3. The van der Waals surface area contributed by atoms with Crippen molar-refractivity contribution in [3.63, 3.8) is 0 Å². The number of fused-ring (bicyclic) bond motifs is 9. The van der Waals surface area contributed by atoms with Crippen LogP contribution in [0.5, 0.6) is 0 Å². The van der Waals surface area contributed by atoms with E-state index in [-0.39, 0.29) is 0 Å². The van der Waals surface area contributed by atoms with Crippen molar-refractivity contribution in [2.75, 3.05) is 0 Å². The Morgan fingerprint density at radius 3 is 1.57 bits per heavy atom. The van der Waals surface area contributed by atoms with E-state index in [4.69, 9.17) is 15.0 Å². The summed E-state index contributed by atoms with van der Waals surface area (Å²) in [5, 5.41) is 6.99. The van der Waals surface area contributed by atoms with Gasteiger partial charge in [-0.2, -0.15) is 0 Å². The third kappa shape index (κ3) is 5.37. The second-order valence-corrected chi connectivity index (χ2v) is 15.2. The smallest absolute Gasteiger partial charge is 0.163 e. The fourth-order valence-electron chi connectivity index (χ4n) is 8.99. The molecular weight excluding hydrogens is 731 g/mol. The lowest BCUT2D eigenvalue weighted by Gasteiger charge is -2.14. The van der Waals surface area contributed by atoms with E-state index < -0.39 is 0 Å². The van der Waals surface area contributed by atoms with Crippen LogP contribution >= 0.6 is 0 Å². The first kappa shape index (κ1) is 33.9. The number of para-hydroxylation sites is 1. The highest BCUT2D eigenvalue weighted by Crippen LogP contribution is 2.41. The molecule has 0 atom stereocenters. The van der Waals surface area contributed by atoms with Crippen molar-refractivity contribution in [1.82, 2.24) is 23.9 Å². The van der Waals surface area contributed by atoms with E-state index in [1.807, 2.05) is 18.2 Å². The summed E-state index contributed by atoms with van der Waals surface area (Å²) in [7, 11) is 0. The van der Waals surface area contributed by atoms with Gasteiger partial charge in [0, 0.05) is 43.9 Å².